The Kier molecular flexibility index (Phi) is 32.6. The summed E-state index contributed by atoms with van der Waals surface area (Å²) < 4.78 is 23.2. The van der Waals surface area contributed by atoms with Crippen molar-refractivity contribution in [2.24, 2.45) is 11.5 Å². The molecule has 13 amide bonds. The standard InChI is InChI=1S/C49H82N14O24/c1-20(43(77)59-22(3)47(81)82)58-46(80)27(9-7-8-12-52-32(70)14-54-34(72)16-56-35(73)17-55-33(71)15-53-31(69)13-50)62-30(68)11-10-26(42(51)76)63-44(78)21(2)57-45(79)23(4)84-41-37(61-25(6)67)48(83)85-29(19-65)40(41)87-49-36(60-24(5)66)39(75)38(74)28(18-64)86-49/h20-23,26-29,36-41,48-49,64-65,74-75,83H,7-19,50H2,1-6H3,(H2,51,76)(H,52,70)(H,53,69)(H,54,72)(H,55,71)(H,56,73)(H,57,79)(H,58,80)(H,59,77)(H,60,66)(H,61,67)(H,62,68)(H,63,78)(H,81,82). The van der Waals surface area contributed by atoms with Gasteiger partial charge in [0.2, 0.25) is 76.8 Å². The van der Waals surface area contributed by atoms with E-state index in [1.54, 1.807) is 0 Å². The first-order valence-corrected chi connectivity index (χ1v) is 27.3. The van der Waals surface area contributed by atoms with E-state index in [9.17, 15) is 97.8 Å². The first-order chi connectivity index (χ1) is 40.8. The molecule has 2 aliphatic heterocycles. The Morgan fingerprint density at radius 3 is 1.53 bits per heavy atom. The van der Waals surface area contributed by atoms with Crippen LogP contribution >= 0.6 is 0 Å². The van der Waals surface area contributed by atoms with E-state index < -0.39 is 233 Å². The predicted molar refractivity (Wildman–Crippen MR) is 291 cm³/mol. The molecule has 0 radical (unpaired) electrons. The van der Waals surface area contributed by atoms with Crippen molar-refractivity contribution in [3.8, 4) is 0 Å². The normalized spacial score (nSPS) is 23.5. The van der Waals surface area contributed by atoms with Crippen LogP contribution in [-0.2, 0) is 86.1 Å². The van der Waals surface area contributed by atoms with Crippen LogP contribution in [0.3, 0.4) is 0 Å². The number of aliphatic hydroxyl groups excluding tert-OH is 5. The lowest BCUT2D eigenvalue weighted by atomic mass is 9.94. The van der Waals surface area contributed by atoms with E-state index in [0.29, 0.717) is 0 Å². The highest BCUT2D eigenvalue weighted by molar-refractivity contribution is 5.95. The average Bonchev–Trinajstić information content (AvgIpc) is 1.07. The summed E-state index contributed by atoms with van der Waals surface area (Å²) >= 11 is 0. The van der Waals surface area contributed by atoms with Crippen molar-refractivity contribution < 1.29 is 117 Å². The Morgan fingerprint density at radius 2 is 1.02 bits per heavy atom. The SMILES string of the molecule is CC(=O)NC1C(OC2C(CO)OC(O)C(NC(C)=O)C2OC(C)C(=O)NC(C)C(=O)NC(CCC(=O)NC(CCCCNC(=O)CNC(=O)CNC(=O)CNC(=O)CNC(=O)CN)C(=O)NC(C)C(=O)NC(C)C(=O)O)C(N)=O)OC(CO)C(O)C1O. The van der Waals surface area contributed by atoms with Gasteiger partial charge in [0.05, 0.1) is 45.9 Å². The Balaban J connectivity index is 2.11. The molecule has 492 valence electrons. The van der Waals surface area contributed by atoms with Gasteiger partial charge in [-0.3, -0.25) is 67.1 Å². The molecule has 16 unspecified atom stereocenters. The molecule has 0 spiro atoms. The highest BCUT2D eigenvalue weighted by atomic mass is 16.7. The molecule has 2 heterocycles. The molecule has 2 aliphatic rings. The molecule has 87 heavy (non-hydrogen) atoms. The van der Waals surface area contributed by atoms with E-state index in [2.05, 4.69) is 63.8 Å². The molecule has 0 aromatic rings. The Hall–Kier alpha value is -7.82. The molecule has 2 saturated heterocycles. The molecular formula is C49H82N14O24. The average molecular weight is 1250 g/mol. The Bertz CT molecular complexity index is 2430. The number of primary amides is 1. The molecule has 38 nitrogen and oxygen atoms in total. The maximum absolute atomic E-state index is 13.6. The second-order valence-corrected chi connectivity index (χ2v) is 20.1. The fourth-order valence-corrected chi connectivity index (χ4v) is 8.13. The number of carbonyl (C=O) groups is 14. The number of unbranched alkanes of at least 4 members (excludes halogenated alkanes) is 1. The molecule has 0 aromatic heterocycles. The number of amides is 13. The Morgan fingerprint density at radius 1 is 0.529 bits per heavy atom. The summed E-state index contributed by atoms with van der Waals surface area (Å²) in [5.74, 6) is -12.2. The van der Waals surface area contributed by atoms with Crippen molar-refractivity contribution in [2.45, 2.75) is 171 Å². The monoisotopic (exact) mass is 1250 g/mol. The summed E-state index contributed by atoms with van der Waals surface area (Å²) in [6, 6.07) is -10.2. The fraction of sp³-hybridized carbons (Fsp3) is 0.714. The molecule has 38 heteroatoms. The van der Waals surface area contributed by atoms with Crippen LogP contribution in [0.5, 0.6) is 0 Å². The smallest absolute Gasteiger partial charge is 0.325 e. The molecule has 16 atom stereocenters. The van der Waals surface area contributed by atoms with Crippen LogP contribution in [0, 0.1) is 0 Å². The van der Waals surface area contributed by atoms with Crippen LogP contribution in [0.25, 0.3) is 0 Å². The molecule has 2 fully saturated rings. The highest BCUT2D eigenvalue weighted by Crippen LogP contribution is 2.31. The number of hydrogen-bond donors (Lipinski definition) is 20. The van der Waals surface area contributed by atoms with Gasteiger partial charge < -0.3 is 125 Å². The minimum absolute atomic E-state index is 0.0132. The van der Waals surface area contributed by atoms with Gasteiger partial charge in [0.15, 0.2) is 12.6 Å². The lowest BCUT2D eigenvalue weighted by Gasteiger charge is -2.48. The molecule has 22 N–H and O–H groups in total. The van der Waals surface area contributed by atoms with Gasteiger partial charge in [-0.15, -0.1) is 0 Å². The van der Waals surface area contributed by atoms with E-state index >= 15 is 0 Å². The number of ether oxygens (including phenoxy) is 4. The zero-order valence-electron chi connectivity index (χ0n) is 48.6. The minimum Gasteiger partial charge on any atom is -0.480 e. The zero-order valence-corrected chi connectivity index (χ0v) is 48.6. The Labute approximate surface area is 497 Å². The molecule has 0 saturated carbocycles. The zero-order chi connectivity index (χ0) is 65.8. The number of carboxylic acids is 1. The van der Waals surface area contributed by atoms with Crippen molar-refractivity contribution in [3.05, 3.63) is 0 Å². The van der Waals surface area contributed by atoms with Crippen molar-refractivity contribution >= 4 is 82.8 Å². The molecule has 0 aromatic carbocycles. The number of nitrogens with one attached hydrogen (secondary N) is 12. The third-order valence-electron chi connectivity index (χ3n) is 12.9. The lowest BCUT2D eigenvalue weighted by Crippen LogP contribution is -2.70. The van der Waals surface area contributed by atoms with E-state index in [-0.39, 0.29) is 32.4 Å². The van der Waals surface area contributed by atoms with E-state index in [4.69, 9.17) is 30.4 Å². The predicted octanol–water partition coefficient (Wildman–Crippen LogP) is -12.2. The van der Waals surface area contributed by atoms with Gasteiger partial charge in [0.25, 0.3) is 0 Å². The van der Waals surface area contributed by atoms with Gasteiger partial charge >= 0.3 is 5.97 Å². The molecule has 2 rings (SSSR count). The van der Waals surface area contributed by atoms with Gasteiger partial charge in [0.1, 0.15) is 85.0 Å². The highest BCUT2D eigenvalue weighted by Gasteiger charge is 2.53. The summed E-state index contributed by atoms with van der Waals surface area (Å²) in [7, 11) is 0. The summed E-state index contributed by atoms with van der Waals surface area (Å²) in [6.45, 7) is 2.77. The number of aliphatic carboxylic acids is 1. The summed E-state index contributed by atoms with van der Waals surface area (Å²) in [5.41, 5.74) is 10.7. The van der Waals surface area contributed by atoms with Crippen LogP contribution in [0.2, 0.25) is 0 Å². The second-order valence-electron chi connectivity index (χ2n) is 20.1. The van der Waals surface area contributed by atoms with Crippen molar-refractivity contribution in [1.82, 2.24) is 63.8 Å². The van der Waals surface area contributed by atoms with E-state index in [0.717, 1.165) is 13.8 Å². The first-order valence-electron chi connectivity index (χ1n) is 27.3. The largest absolute Gasteiger partial charge is 0.480 e. The van der Waals surface area contributed by atoms with Crippen LogP contribution in [-0.4, -0.2) is 263 Å². The third-order valence-corrected chi connectivity index (χ3v) is 12.9. The van der Waals surface area contributed by atoms with Crippen molar-refractivity contribution in [3.63, 3.8) is 0 Å². The van der Waals surface area contributed by atoms with Crippen LogP contribution in [0.15, 0.2) is 0 Å². The number of carbonyl (C=O) groups excluding carboxylic acids is 13. The minimum atomic E-state index is -1.93. The topological polar surface area (TPSA) is 594 Å². The third kappa shape index (κ3) is 26.4. The summed E-state index contributed by atoms with van der Waals surface area (Å²) in [5, 5.41) is 89.6. The lowest BCUT2D eigenvalue weighted by molar-refractivity contribution is -0.333. The maximum Gasteiger partial charge on any atom is 0.325 e. The van der Waals surface area contributed by atoms with Crippen molar-refractivity contribution in [1.29, 1.82) is 0 Å². The van der Waals surface area contributed by atoms with E-state index in [1.807, 2.05) is 0 Å². The van der Waals surface area contributed by atoms with Crippen LogP contribution in [0.4, 0.5) is 0 Å². The molecule has 0 aliphatic carbocycles. The van der Waals surface area contributed by atoms with Gasteiger partial charge in [-0.25, -0.2) is 0 Å². The van der Waals surface area contributed by atoms with Crippen LogP contribution in [0.1, 0.15) is 73.6 Å². The molecule has 0 bridgehead atoms. The van der Waals surface area contributed by atoms with Crippen LogP contribution < -0.4 is 75.3 Å². The van der Waals surface area contributed by atoms with Gasteiger partial charge in [-0.2, -0.15) is 0 Å². The van der Waals surface area contributed by atoms with Gasteiger partial charge in [-0.05, 0) is 53.4 Å². The first kappa shape index (κ1) is 75.3. The number of nitrogens with two attached hydrogens (primary N) is 2. The van der Waals surface area contributed by atoms with Crippen molar-refractivity contribution in [2.75, 3.05) is 52.5 Å². The fourth-order valence-electron chi connectivity index (χ4n) is 8.13. The number of carboxylic acid groups (broad SMARTS) is 1. The molecular weight excluding hydrogens is 1170 g/mol. The van der Waals surface area contributed by atoms with E-state index in [1.165, 1.54) is 27.7 Å². The summed E-state index contributed by atoms with van der Waals surface area (Å²) in [4.78, 5) is 174. The quantitative estimate of drug-likeness (QED) is 0.0259. The summed E-state index contributed by atoms with van der Waals surface area (Å²) in [6.07, 6.45) is -16.1. The van der Waals surface area contributed by atoms with Gasteiger partial charge in [-0.1, -0.05) is 0 Å². The maximum atomic E-state index is 13.6. The van der Waals surface area contributed by atoms with Gasteiger partial charge in [0, 0.05) is 26.8 Å². The number of aliphatic hydroxyl groups is 5. The second kappa shape index (κ2) is 37.7. The number of hydrogen-bond acceptors (Lipinski definition) is 24. The number of rotatable bonds is 36.